The maximum Gasteiger partial charge on any atom is 0.128 e. The summed E-state index contributed by atoms with van der Waals surface area (Å²) in [7, 11) is 3.29. The van der Waals surface area contributed by atoms with E-state index >= 15 is 0 Å². The van der Waals surface area contributed by atoms with Crippen molar-refractivity contribution in [2.75, 3.05) is 14.2 Å². The summed E-state index contributed by atoms with van der Waals surface area (Å²) >= 11 is 12.7. The van der Waals surface area contributed by atoms with E-state index in [1.54, 1.807) is 20.3 Å². The number of para-hydroxylation sites is 1. The zero-order chi connectivity index (χ0) is 22.7. The number of halogens is 2. The van der Waals surface area contributed by atoms with Crippen LogP contribution in [0.4, 0.5) is 0 Å². The third kappa shape index (κ3) is 4.30. The number of nitrogens with two attached hydrogens (primary N) is 1. The summed E-state index contributed by atoms with van der Waals surface area (Å²) in [5, 5.41) is 1.12. The third-order valence-electron chi connectivity index (χ3n) is 5.27. The van der Waals surface area contributed by atoms with Gasteiger partial charge in [-0.3, -0.25) is 0 Å². The van der Waals surface area contributed by atoms with Crippen molar-refractivity contribution in [1.82, 2.24) is 4.98 Å². The number of aromatic nitrogens is 1. The third-order valence-corrected chi connectivity index (χ3v) is 5.82. The van der Waals surface area contributed by atoms with Gasteiger partial charge in [-0.25, -0.2) is 4.98 Å². The van der Waals surface area contributed by atoms with Crippen molar-refractivity contribution >= 4 is 23.2 Å². The van der Waals surface area contributed by atoms with E-state index in [0.717, 1.165) is 50.7 Å². The molecule has 0 unspecified atom stereocenters. The number of pyridine rings is 1. The van der Waals surface area contributed by atoms with Gasteiger partial charge in [0.15, 0.2) is 0 Å². The predicted octanol–water partition coefficient (Wildman–Crippen LogP) is 6.87. The van der Waals surface area contributed by atoms with Crippen LogP contribution in [0.15, 0.2) is 72.8 Å². The van der Waals surface area contributed by atoms with E-state index in [2.05, 4.69) is 0 Å². The Morgan fingerprint density at radius 1 is 0.781 bits per heavy atom. The van der Waals surface area contributed by atoms with Gasteiger partial charge >= 0.3 is 0 Å². The van der Waals surface area contributed by atoms with Crippen molar-refractivity contribution < 1.29 is 9.47 Å². The molecule has 0 aliphatic rings. The van der Waals surface area contributed by atoms with E-state index in [1.165, 1.54) is 0 Å². The standard InChI is InChI=1S/C26H22Cl2N2O2/c1-31-19-10-7-16(8-11-19)25-22(20-12-9-18(27)14-23(20)28)13-17(15-29)26(30-25)21-5-3-4-6-24(21)32-2/h3-14H,15,29H2,1-2H3. The van der Waals surface area contributed by atoms with Crippen molar-refractivity contribution in [3.8, 4) is 45.1 Å². The van der Waals surface area contributed by atoms with Gasteiger partial charge in [-0.15, -0.1) is 0 Å². The van der Waals surface area contributed by atoms with Crippen LogP contribution in [-0.2, 0) is 6.54 Å². The number of hydrogen-bond donors (Lipinski definition) is 1. The average Bonchev–Trinajstić information content (AvgIpc) is 2.83. The van der Waals surface area contributed by atoms with Gasteiger partial charge in [-0.05, 0) is 60.2 Å². The predicted molar refractivity (Wildman–Crippen MR) is 132 cm³/mol. The molecule has 1 aromatic heterocycles. The van der Waals surface area contributed by atoms with E-state index in [0.29, 0.717) is 16.6 Å². The summed E-state index contributed by atoms with van der Waals surface area (Å²) in [6, 6.07) is 23.0. The largest absolute Gasteiger partial charge is 0.497 e. The molecule has 0 spiro atoms. The first kappa shape index (κ1) is 22.2. The molecular formula is C26H22Cl2N2O2. The van der Waals surface area contributed by atoms with Gasteiger partial charge < -0.3 is 15.2 Å². The van der Waals surface area contributed by atoms with Crippen LogP contribution in [0, 0.1) is 0 Å². The first-order valence-corrected chi connectivity index (χ1v) is 10.8. The first-order valence-electron chi connectivity index (χ1n) is 10.0. The highest BCUT2D eigenvalue weighted by Gasteiger charge is 2.19. The Morgan fingerprint density at radius 2 is 1.53 bits per heavy atom. The lowest BCUT2D eigenvalue weighted by molar-refractivity contribution is 0.415. The van der Waals surface area contributed by atoms with E-state index in [1.807, 2.05) is 66.7 Å². The highest BCUT2D eigenvalue weighted by molar-refractivity contribution is 6.36. The zero-order valence-electron chi connectivity index (χ0n) is 17.7. The maximum atomic E-state index is 6.59. The minimum atomic E-state index is 0.307. The van der Waals surface area contributed by atoms with Crippen LogP contribution in [0.25, 0.3) is 33.6 Å². The molecule has 0 fully saturated rings. The van der Waals surface area contributed by atoms with Gasteiger partial charge in [0, 0.05) is 38.8 Å². The lowest BCUT2D eigenvalue weighted by Crippen LogP contribution is -2.05. The normalized spacial score (nSPS) is 10.8. The highest BCUT2D eigenvalue weighted by atomic mass is 35.5. The number of nitrogens with zero attached hydrogens (tertiary/aromatic N) is 1. The molecule has 0 saturated carbocycles. The Balaban J connectivity index is 2.02. The molecule has 162 valence electrons. The van der Waals surface area contributed by atoms with Crippen LogP contribution in [0.5, 0.6) is 11.5 Å². The van der Waals surface area contributed by atoms with E-state index in [4.69, 9.17) is 43.4 Å². The molecule has 2 N–H and O–H groups in total. The van der Waals surface area contributed by atoms with Gasteiger partial charge in [0.05, 0.1) is 25.6 Å². The summed E-state index contributed by atoms with van der Waals surface area (Å²) in [6.45, 7) is 0.307. The second-order valence-electron chi connectivity index (χ2n) is 7.15. The molecule has 4 rings (SSSR count). The van der Waals surface area contributed by atoms with Crippen molar-refractivity contribution in [3.05, 3.63) is 88.4 Å². The van der Waals surface area contributed by atoms with Crippen molar-refractivity contribution in [2.45, 2.75) is 6.54 Å². The lowest BCUT2D eigenvalue weighted by atomic mass is 9.94. The molecule has 0 bridgehead atoms. The maximum absolute atomic E-state index is 6.59. The Bertz CT molecular complexity index is 1260. The molecule has 32 heavy (non-hydrogen) atoms. The van der Waals surface area contributed by atoms with Gasteiger partial charge in [0.1, 0.15) is 11.5 Å². The number of rotatable bonds is 6. The van der Waals surface area contributed by atoms with Crippen LogP contribution < -0.4 is 15.2 Å². The monoisotopic (exact) mass is 464 g/mol. The summed E-state index contributed by atoms with van der Waals surface area (Å²) in [5.74, 6) is 1.50. The Hall–Kier alpha value is -3.05. The van der Waals surface area contributed by atoms with Gasteiger partial charge in [0.2, 0.25) is 0 Å². The SMILES string of the molecule is COc1ccc(-c2nc(-c3ccccc3OC)c(CN)cc2-c2ccc(Cl)cc2Cl)cc1. The van der Waals surface area contributed by atoms with Crippen molar-refractivity contribution in [2.24, 2.45) is 5.73 Å². The highest BCUT2D eigenvalue weighted by Crippen LogP contribution is 2.41. The fourth-order valence-electron chi connectivity index (χ4n) is 3.67. The molecule has 0 atom stereocenters. The molecule has 0 saturated heterocycles. The van der Waals surface area contributed by atoms with Crippen LogP contribution in [0.2, 0.25) is 10.0 Å². The van der Waals surface area contributed by atoms with Crippen LogP contribution in [0.3, 0.4) is 0 Å². The molecule has 0 amide bonds. The molecule has 0 aliphatic carbocycles. The fraction of sp³-hybridized carbons (Fsp3) is 0.115. The number of methoxy groups -OCH3 is 2. The lowest BCUT2D eigenvalue weighted by Gasteiger charge is -2.18. The molecule has 4 nitrogen and oxygen atoms in total. The molecule has 4 aromatic rings. The summed E-state index contributed by atoms with van der Waals surface area (Å²) in [4.78, 5) is 5.10. The topological polar surface area (TPSA) is 57.4 Å². The summed E-state index contributed by atoms with van der Waals surface area (Å²) in [5.41, 5.74) is 12.1. The summed E-state index contributed by atoms with van der Waals surface area (Å²) in [6.07, 6.45) is 0. The van der Waals surface area contributed by atoms with Crippen LogP contribution in [0.1, 0.15) is 5.56 Å². The van der Waals surface area contributed by atoms with E-state index < -0.39 is 0 Å². The van der Waals surface area contributed by atoms with Crippen molar-refractivity contribution in [1.29, 1.82) is 0 Å². The van der Waals surface area contributed by atoms with Gasteiger partial charge in [-0.2, -0.15) is 0 Å². The molecular weight excluding hydrogens is 443 g/mol. The van der Waals surface area contributed by atoms with E-state index in [9.17, 15) is 0 Å². The minimum absolute atomic E-state index is 0.307. The average molecular weight is 465 g/mol. The second kappa shape index (κ2) is 9.61. The number of ether oxygens (including phenoxy) is 2. The molecule has 1 heterocycles. The molecule has 0 aliphatic heterocycles. The van der Waals surface area contributed by atoms with Gasteiger partial charge in [-0.1, -0.05) is 41.4 Å². The fourth-order valence-corrected chi connectivity index (χ4v) is 4.18. The smallest absolute Gasteiger partial charge is 0.128 e. The van der Waals surface area contributed by atoms with Crippen LogP contribution >= 0.6 is 23.2 Å². The summed E-state index contributed by atoms with van der Waals surface area (Å²) < 4.78 is 10.9. The van der Waals surface area contributed by atoms with Crippen molar-refractivity contribution in [3.63, 3.8) is 0 Å². The minimum Gasteiger partial charge on any atom is -0.497 e. The number of benzene rings is 3. The van der Waals surface area contributed by atoms with Gasteiger partial charge in [0.25, 0.3) is 0 Å². The van der Waals surface area contributed by atoms with E-state index in [-0.39, 0.29) is 0 Å². The first-order chi connectivity index (χ1) is 15.5. The Morgan fingerprint density at radius 3 is 2.19 bits per heavy atom. The zero-order valence-corrected chi connectivity index (χ0v) is 19.2. The number of hydrogen-bond acceptors (Lipinski definition) is 4. The molecule has 0 radical (unpaired) electrons. The molecule has 6 heteroatoms. The quantitative estimate of drug-likeness (QED) is 0.338. The Labute approximate surface area is 197 Å². The van der Waals surface area contributed by atoms with Crippen LogP contribution in [-0.4, -0.2) is 19.2 Å². The second-order valence-corrected chi connectivity index (χ2v) is 7.99. The Kier molecular flexibility index (Phi) is 6.66. The molecule has 3 aromatic carbocycles.